The van der Waals surface area contributed by atoms with Crippen molar-refractivity contribution in [2.24, 2.45) is 18.9 Å². The van der Waals surface area contributed by atoms with Gasteiger partial charge in [0.25, 0.3) is 10.0 Å². The molecular formula is C20H26N8O2S. The summed E-state index contributed by atoms with van der Waals surface area (Å²) < 4.78 is 31.5. The fraction of sp³-hybridized carbons (Fsp3) is 0.500. The van der Waals surface area contributed by atoms with Crippen molar-refractivity contribution in [3.05, 3.63) is 42.9 Å². The van der Waals surface area contributed by atoms with Crippen molar-refractivity contribution in [1.29, 1.82) is 0 Å². The van der Waals surface area contributed by atoms with Crippen LogP contribution in [0.15, 0.2) is 42.1 Å². The van der Waals surface area contributed by atoms with E-state index in [0.717, 1.165) is 24.7 Å². The van der Waals surface area contributed by atoms with Gasteiger partial charge in [0.05, 0.1) is 0 Å². The number of nitrogens with zero attached hydrogens (tertiary/aromatic N) is 8. The van der Waals surface area contributed by atoms with Gasteiger partial charge in [-0.05, 0) is 17.9 Å². The molecular weight excluding hydrogens is 416 g/mol. The van der Waals surface area contributed by atoms with E-state index in [-0.39, 0.29) is 22.8 Å². The molecule has 5 rings (SSSR count). The number of rotatable bonds is 5. The lowest BCUT2D eigenvalue weighted by Crippen LogP contribution is -2.33. The zero-order valence-corrected chi connectivity index (χ0v) is 18.6. The largest absolute Gasteiger partial charge is 0.356 e. The van der Waals surface area contributed by atoms with Gasteiger partial charge in [-0.25, -0.2) is 28.1 Å². The smallest absolute Gasteiger partial charge is 0.262 e. The number of sulfonamides is 1. The summed E-state index contributed by atoms with van der Waals surface area (Å²) in [5.41, 5.74) is 0. The monoisotopic (exact) mass is 442 g/mol. The van der Waals surface area contributed by atoms with Crippen LogP contribution in [0.3, 0.4) is 0 Å². The van der Waals surface area contributed by atoms with Gasteiger partial charge in [0.2, 0.25) is 0 Å². The topological polar surface area (TPSA) is 102 Å². The lowest BCUT2D eigenvalue weighted by Gasteiger charge is -2.21. The molecule has 3 aromatic heterocycles. The molecule has 164 valence electrons. The van der Waals surface area contributed by atoms with E-state index in [1.165, 1.54) is 0 Å². The van der Waals surface area contributed by atoms with Crippen LogP contribution in [0, 0.1) is 11.8 Å². The molecule has 3 aromatic rings. The molecule has 10 nitrogen and oxygen atoms in total. The normalized spacial score (nSPS) is 21.9. The first kappa shape index (κ1) is 20.1. The number of anilines is 1. The molecule has 2 atom stereocenters. The number of aromatic nitrogens is 6. The molecule has 2 aliphatic rings. The van der Waals surface area contributed by atoms with E-state index in [9.17, 15) is 8.42 Å². The minimum absolute atomic E-state index is 0.148. The minimum atomic E-state index is -3.59. The Morgan fingerprint density at radius 2 is 1.77 bits per heavy atom. The standard InChI is InChI=1S/C20H26N8O2S/c1-14(2)20-24-19(12-25(20)3)31(29,30)27-10-15-8-26(9-16(15)11-27)17-7-18(22-13-21-17)28-6-4-5-23-28/h4-7,12-16H,8-11H2,1-3H3. The van der Waals surface area contributed by atoms with Gasteiger partial charge in [0.15, 0.2) is 10.8 Å². The predicted molar refractivity (Wildman–Crippen MR) is 114 cm³/mol. The van der Waals surface area contributed by atoms with Crippen molar-refractivity contribution in [2.75, 3.05) is 31.1 Å². The van der Waals surface area contributed by atoms with Crippen LogP contribution in [0.1, 0.15) is 25.6 Å². The molecule has 0 spiro atoms. The van der Waals surface area contributed by atoms with E-state index in [2.05, 4.69) is 25.0 Å². The summed E-state index contributed by atoms with van der Waals surface area (Å²) in [5, 5.41) is 4.37. The molecule has 0 N–H and O–H groups in total. The van der Waals surface area contributed by atoms with Crippen molar-refractivity contribution < 1.29 is 8.42 Å². The second kappa shape index (κ2) is 7.41. The van der Waals surface area contributed by atoms with Crippen LogP contribution >= 0.6 is 0 Å². The molecule has 0 aromatic carbocycles. The number of aryl methyl sites for hydroxylation is 1. The summed E-state index contributed by atoms with van der Waals surface area (Å²) in [6.07, 6.45) is 6.73. The van der Waals surface area contributed by atoms with E-state index in [1.807, 2.05) is 43.8 Å². The van der Waals surface area contributed by atoms with Gasteiger partial charge < -0.3 is 9.47 Å². The maximum absolute atomic E-state index is 13.2. The zero-order valence-electron chi connectivity index (χ0n) is 17.8. The first-order valence-corrected chi connectivity index (χ1v) is 11.9. The van der Waals surface area contributed by atoms with E-state index < -0.39 is 10.0 Å². The van der Waals surface area contributed by atoms with Gasteiger partial charge in [-0.15, -0.1) is 0 Å². The number of imidazole rings is 1. The number of hydrogen-bond donors (Lipinski definition) is 0. The molecule has 0 bridgehead atoms. The maximum Gasteiger partial charge on any atom is 0.262 e. The van der Waals surface area contributed by atoms with Gasteiger partial charge in [-0.1, -0.05) is 13.8 Å². The molecule has 2 saturated heterocycles. The Labute approximate surface area is 181 Å². The van der Waals surface area contributed by atoms with Crippen LogP contribution in [-0.2, 0) is 17.1 Å². The van der Waals surface area contributed by atoms with Crippen LogP contribution in [0.2, 0.25) is 0 Å². The quantitative estimate of drug-likeness (QED) is 0.586. The van der Waals surface area contributed by atoms with E-state index in [4.69, 9.17) is 0 Å². The molecule has 5 heterocycles. The third kappa shape index (κ3) is 3.51. The maximum atomic E-state index is 13.2. The molecule has 2 aliphatic heterocycles. The van der Waals surface area contributed by atoms with Crippen LogP contribution in [0.25, 0.3) is 5.82 Å². The first-order valence-electron chi connectivity index (χ1n) is 10.4. The van der Waals surface area contributed by atoms with Crippen molar-refractivity contribution in [2.45, 2.75) is 24.8 Å². The molecule has 31 heavy (non-hydrogen) atoms. The van der Waals surface area contributed by atoms with E-state index in [0.29, 0.717) is 18.9 Å². The zero-order chi connectivity index (χ0) is 21.8. The Bertz CT molecular complexity index is 1170. The SMILES string of the molecule is CC(C)c1nc(S(=O)(=O)N2CC3CN(c4cc(-n5cccn5)ncn4)CC3C2)cn1C. The third-order valence-corrected chi connectivity index (χ3v) is 7.87. The Morgan fingerprint density at radius 1 is 1.06 bits per heavy atom. The fourth-order valence-corrected chi connectivity index (χ4v) is 6.16. The third-order valence-electron chi connectivity index (χ3n) is 6.16. The summed E-state index contributed by atoms with van der Waals surface area (Å²) in [4.78, 5) is 15.4. The van der Waals surface area contributed by atoms with Crippen molar-refractivity contribution in [3.63, 3.8) is 0 Å². The Morgan fingerprint density at radius 3 is 2.39 bits per heavy atom. The van der Waals surface area contributed by atoms with Crippen LogP contribution in [0.5, 0.6) is 0 Å². The van der Waals surface area contributed by atoms with Crippen LogP contribution < -0.4 is 4.90 Å². The van der Waals surface area contributed by atoms with Gasteiger partial charge in [-0.3, -0.25) is 0 Å². The molecule has 0 saturated carbocycles. The molecule has 2 fully saturated rings. The van der Waals surface area contributed by atoms with E-state index in [1.54, 1.807) is 27.7 Å². The second-order valence-corrected chi connectivity index (χ2v) is 10.5. The lowest BCUT2D eigenvalue weighted by molar-refractivity contribution is 0.450. The summed E-state index contributed by atoms with van der Waals surface area (Å²) in [5.74, 6) is 3.04. The molecule has 11 heteroatoms. The summed E-state index contributed by atoms with van der Waals surface area (Å²) >= 11 is 0. The first-order chi connectivity index (χ1) is 14.8. The van der Waals surface area contributed by atoms with Crippen molar-refractivity contribution in [3.8, 4) is 5.82 Å². The highest BCUT2D eigenvalue weighted by Gasteiger charge is 2.45. The highest BCUT2D eigenvalue weighted by atomic mass is 32.2. The summed E-state index contributed by atoms with van der Waals surface area (Å²) in [6.45, 7) is 6.58. The Kier molecular flexibility index (Phi) is 4.82. The molecule has 0 radical (unpaired) electrons. The van der Waals surface area contributed by atoms with Crippen LogP contribution in [-0.4, -0.2) is 68.2 Å². The minimum Gasteiger partial charge on any atom is -0.356 e. The van der Waals surface area contributed by atoms with Gasteiger partial charge >= 0.3 is 0 Å². The number of hydrogen-bond acceptors (Lipinski definition) is 7. The second-order valence-electron chi connectivity index (χ2n) is 8.64. The number of fused-ring (bicyclic) bond motifs is 1. The van der Waals surface area contributed by atoms with Crippen LogP contribution in [0.4, 0.5) is 5.82 Å². The predicted octanol–water partition coefficient (Wildman–Crippen LogP) is 1.28. The Hall–Kier alpha value is -2.79. The van der Waals surface area contributed by atoms with Gasteiger partial charge in [0.1, 0.15) is 18.0 Å². The molecule has 2 unspecified atom stereocenters. The van der Waals surface area contributed by atoms with Gasteiger partial charge in [-0.2, -0.15) is 9.40 Å². The fourth-order valence-electron chi connectivity index (χ4n) is 4.62. The summed E-state index contributed by atoms with van der Waals surface area (Å²) in [6, 6.07) is 3.77. The molecule has 0 amide bonds. The average Bonchev–Trinajstić information content (AvgIpc) is 3.50. The Balaban J connectivity index is 1.30. The lowest BCUT2D eigenvalue weighted by atomic mass is 10.0. The molecule has 0 aliphatic carbocycles. The average molecular weight is 443 g/mol. The van der Waals surface area contributed by atoms with Crippen molar-refractivity contribution in [1.82, 2.24) is 33.6 Å². The highest BCUT2D eigenvalue weighted by Crippen LogP contribution is 2.36. The summed E-state index contributed by atoms with van der Waals surface area (Å²) in [7, 11) is -1.74. The highest BCUT2D eigenvalue weighted by molar-refractivity contribution is 7.89. The van der Waals surface area contributed by atoms with Gasteiger partial charge in [0, 0.05) is 63.8 Å². The van der Waals surface area contributed by atoms with E-state index >= 15 is 0 Å². The van der Waals surface area contributed by atoms with Crippen molar-refractivity contribution >= 4 is 15.8 Å².